The number of amides is 1. The van der Waals surface area contributed by atoms with Gasteiger partial charge in [0, 0.05) is 11.3 Å². The van der Waals surface area contributed by atoms with Crippen molar-refractivity contribution in [1.29, 1.82) is 0 Å². The number of carbonyl (C=O) groups is 1. The van der Waals surface area contributed by atoms with Gasteiger partial charge in [-0.05, 0) is 48.9 Å². The highest BCUT2D eigenvalue weighted by Gasteiger charge is 2.48. The van der Waals surface area contributed by atoms with Crippen molar-refractivity contribution in [2.45, 2.75) is 11.8 Å². The molecular weight excluding hydrogens is 382 g/mol. The summed E-state index contributed by atoms with van der Waals surface area (Å²) < 4.78 is 5.28. The molecule has 0 radical (unpaired) electrons. The summed E-state index contributed by atoms with van der Waals surface area (Å²) in [5.74, 6) is 0.823. The Balaban J connectivity index is 1.83. The Morgan fingerprint density at radius 1 is 0.966 bits per heavy atom. The van der Waals surface area contributed by atoms with Crippen LogP contribution in [0, 0.1) is 0 Å². The molecule has 5 heteroatoms. The number of carbonyl (C=O) groups excluding carboxylic acids is 1. The van der Waals surface area contributed by atoms with Gasteiger partial charge in [-0.3, -0.25) is 9.69 Å². The second-order valence-electron chi connectivity index (χ2n) is 6.86. The number of phenols is 1. The van der Waals surface area contributed by atoms with Gasteiger partial charge in [0.15, 0.2) is 0 Å². The zero-order valence-corrected chi connectivity index (χ0v) is 17.0. The molecule has 1 aliphatic heterocycles. The Labute approximate surface area is 174 Å². The number of ether oxygens (including phenoxy) is 1. The van der Waals surface area contributed by atoms with Crippen molar-refractivity contribution in [2.24, 2.45) is 0 Å². The summed E-state index contributed by atoms with van der Waals surface area (Å²) in [6.45, 7) is 2.04. The van der Waals surface area contributed by atoms with Crippen LogP contribution in [-0.4, -0.2) is 18.1 Å². The molecule has 1 fully saturated rings. The number of aromatic hydroxyl groups is 1. The Hall–Kier alpha value is -3.18. The topological polar surface area (TPSA) is 49.8 Å². The molecule has 1 unspecified atom stereocenters. The van der Waals surface area contributed by atoms with Gasteiger partial charge < -0.3 is 9.84 Å². The fourth-order valence-electron chi connectivity index (χ4n) is 3.48. The van der Waals surface area contributed by atoms with Crippen molar-refractivity contribution in [3.8, 4) is 11.5 Å². The number of hydrogen-bond donors (Lipinski definition) is 1. The van der Waals surface area contributed by atoms with E-state index in [-0.39, 0.29) is 11.7 Å². The lowest BCUT2D eigenvalue weighted by Gasteiger charge is -2.34. The first-order valence-electron chi connectivity index (χ1n) is 9.26. The van der Waals surface area contributed by atoms with Crippen LogP contribution in [0.2, 0.25) is 0 Å². The van der Waals surface area contributed by atoms with Gasteiger partial charge in [-0.1, -0.05) is 60.3 Å². The Kier molecular flexibility index (Phi) is 5.07. The predicted molar refractivity (Wildman–Crippen MR) is 118 cm³/mol. The van der Waals surface area contributed by atoms with E-state index in [9.17, 15) is 9.90 Å². The van der Waals surface area contributed by atoms with Crippen molar-refractivity contribution >= 4 is 29.4 Å². The molecule has 0 aromatic heterocycles. The lowest BCUT2D eigenvalue weighted by Crippen LogP contribution is -2.39. The standard InChI is InChI=1S/C24H21NO3S/c1-24(18-12-14-20(28-2)15-13-18)25(19-9-4-3-5-10-19)23(27)22(29-24)16-17-8-6-7-11-21(17)26/h3-16,26H,1-2H3/b22-16-. The average Bonchev–Trinajstić information content (AvgIpc) is 3.01. The molecule has 0 bridgehead atoms. The van der Waals surface area contributed by atoms with E-state index in [1.807, 2.05) is 72.5 Å². The molecule has 146 valence electrons. The lowest BCUT2D eigenvalue weighted by atomic mass is 10.0. The van der Waals surface area contributed by atoms with E-state index in [1.165, 1.54) is 11.8 Å². The van der Waals surface area contributed by atoms with E-state index < -0.39 is 4.87 Å². The second kappa shape index (κ2) is 7.68. The molecule has 0 saturated carbocycles. The van der Waals surface area contributed by atoms with E-state index in [4.69, 9.17) is 4.74 Å². The fourth-order valence-corrected chi connectivity index (χ4v) is 4.80. The van der Waals surface area contributed by atoms with E-state index >= 15 is 0 Å². The minimum atomic E-state index is -0.638. The van der Waals surface area contributed by atoms with Gasteiger partial charge >= 0.3 is 0 Å². The maximum Gasteiger partial charge on any atom is 0.266 e. The number of hydrogen-bond acceptors (Lipinski definition) is 4. The van der Waals surface area contributed by atoms with E-state index in [2.05, 4.69) is 0 Å². The zero-order valence-electron chi connectivity index (χ0n) is 16.2. The molecule has 29 heavy (non-hydrogen) atoms. The van der Waals surface area contributed by atoms with Crippen LogP contribution in [0.1, 0.15) is 18.1 Å². The van der Waals surface area contributed by atoms with Crippen LogP contribution in [0.5, 0.6) is 11.5 Å². The van der Waals surface area contributed by atoms with Crippen molar-refractivity contribution in [2.75, 3.05) is 12.0 Å². The van der Waals surface area contributed by atoms with Crippen LogP contribution in [-0.2, 0) is 9.67 Å². The summed E-state index contributed by atoms with van der Waals surface area (Å²) in [4.78, 5) is 15.2. The largest absolute Gasteiger partial charge is 0.507 e. The number of rotatable bonds is 4. The van der Waals surface area contributed by atoms with Crippen molar-refractivity contribution in [3.05, 3.63) is 94.9 Å². The summed E-state index contributed by atoms with van der Waals surface area (Å²) in [7, 11) is 1.63. The molecule has 1 saturated heterocycles. The van der Waals surface area contributed by atoms with Crippen LogP contribution in [0.15, 0.2) is 83.8 Å². The van der Waals surface area contributed by atoms with Crippen molar-refractivity contribution < 1.29 is 14.6 Å². The smallest absolute Gasteiger partial charge is 0.266 e. The van der Waals surface area contributed by atoms with Crippen LogP contribution in [0.4, 0.5) is 5.69 Å². The first-order chi connectivity index (χ1) is 14.0. The monoisotopic (exact) mass is 403 g/mol. The molecule has 0 spiro atoms. The number of benzene rings is 3. The molecule has 1 heterocycles. The quantitative estimate of drug-likeness (QED) is 0.593. The van der Waals surface area contributed by atoms with E-state index in [0.717, 1.165) is 17.0 Å². The van der Waals surface area contributed by atoms with Crippen LogP contribution < -0.4 is 9.64 Å². The second-order valence-corrected chi connectivity index (χ2v) is 8.30. The van der Waals surface area contributed by atoms with Gasteiger partial charge in [0.2, 0.25) is 0 Å². The van der Waals surface area contributed by atoms with Gasteiger partial charge in [0.1, 0.15) is 16.4 Å². The highest BCUT2D eigenvalue weighted by Crippen LogP contribution is 2.53. The fraction of sp³-hybridized carbons (Fsp3) is 0.125. The first-order valence-corrected chi connectivity index (χ1v) is 10.1. The summed E-state index contributed by atoms with van der Waals surface area (Å²) in [6, 6.07) is 24.4. The number of phenolic OH excluding ortho intramolecular Hbond substituents is 1. The van der Waals surface area contributed by atoms with Crippen LogP contribution in [0.25, 0.3) is 6.08 Å². The molecule has 4 rings (SSSR count). The number of anilines is 1. The minimum Gasteiger partial charge on any atom is -0.507 e. The van der Waals surface area contributed by atoms with Gasteiger partial charge in [0.25, 0.3) is 5.91 Å². The van der Waals surface area contributed by atoms with Crippen molar-refractivity contribution in [3.63, 3.8) is 0 Å². The first kappa shape index (κ1) is 19.2. The zero-order chi connectivity index (χ0) is 20.4. The molecule has 1 amide bonds. The van der Waals surface area contributed by atoms with Gasteiger partial charge in [0.05, 0.1) is 12.0 Å². The Bertz CT molecular complexity index is 1060. The molecule has 3 aromatic rings. The summed E-state index contributed by atoms with van der Waals surface area (Å²) in [6.07, 6.45) is 1.76. The average molecular weight is 404 g/mol. The lowest BCUT2D eigenvalue weighted by molar-refractivity contribution is -0.114. The minimum absolute atomic E-state index is 0.0947. The highest BCUT2D eigenvalue weighted by molar-refractivity contribution is 8.05. The third-order valence-corrected chi connectivity index (χ3v) is 6.34. The summed E-state index contributed by atoms with van der Waals surface area (Å²) in [5, 5.41) is 10.2. The molecule has 1 atom stereocenters. The Morgan fingerprint density at radius 2 is 1.62 bits per heavy atom. The third-order valence-electron chi connectivity index (χ3n) is 5.01. The number of nitrogens with zero attached hydrogens (tertiary/aromatic N) is 1. The Morgan fingerprint density at radius 3 is 2.28 bits per heavy atom. The molecule has 4 nitrogen and oxygen atoms in total. The van der Waals surface area contributed by atoms with Gasteiger partial charge in [-0.15, -0.1) is 0 Å². The van der Waals surface area contributed by atoms with E-state index in [0.29, 0.717) is 10.5 Å². The van der Waals surface area contributed by atoms with E-state index in [1.54, 1.807) is 31.4 Å². The van der Waals surface area contributed by atoms with Gasteiger partial charge in [-0.25, -0.2) is 0 Å². The predicted octanol–water partition coefficient (Wildman–Crippen LogP) is 5.39. The summed E-state index contributed by atoms with van der Waals surface area (Å²) >= 11 is 1.48. The number of methoxy groups -OCH3 is 1. The third kappa shape index (κ3) is 3.49. The molecular formula is C24H21NO3S. The molecule has 3 aromatic carbocycles. The summed E-state index contributed by atoms with van der Waals surface area (Å²) in [5.41, 5.74) is 2.43. The molecule has 0 aliphatic carbocycles. The van der Waals surface area contributed by atoms with Gasteiger partial charge in [-0.2, -0.15) is 0 Å². The molecule has 1 aliphatic rings. The highest BCUT2D eigenvalue weighted by atomic mass is 32.2. The normalized spacial score (nSPS) is 20.3. The van der Waals surface area contributed by atoms with Crippen LogP contribution >= 0.6 is 11.8 Å². The number of para-hydroxylation sites is 2. The maximum atomic E-state index is 13.5. The van der Waals surface area contributed by atoms with Crippen molar-refractivity contribution in [1.82, 2.24) is 0 Å². The number of thioether (sulfide) groups is 1. The molecule has 1 N–H and O–H groups in total. The van der Waals surface area contributed by atoms with Crippen LogP contribution in [0.3, 0.4) is 0 Å². The SMILES string of the molecule is COc1ccc(C2(C)S/C(=C\c3ccccc3O)C(=O)N2c2ccccc2)cc1. The maximum absolute atomic E-state index is 13.5.